The first-order valence-electron chi connectivity index (χ1n) is 9.76. The van der Waals surface area contributed by atoms with Gasteiger partial charge in [0.15, 0.2) is 0 Å². The number of benzene rings is 1. The fourth-order valence-electron chi connectivity index (χ4n) is 4.75. The molecule has 3 unspecified atom stereocenters. The van der Waals surface area contributed by atoms with Crippen molar-refractivity contribution in [3.63, 3.8) is 0 Å². The molecule has 4 rings (SSSR count). The van der Waals surface area contributed by atoms with E-state index in [1.807, 2.05) is 4.90 Å². The summed E-state index contributed by atoms with van der Waals surface area (Å²) in [5.74, 6) is 1.26. The summed E-state index contributed by atoms with van der Waals surface area (Å²) >= 11 is 0. The molecule has 1 aliphatic carbocycles. The highest BCUT2D eigenvalue weighted by molar-refractivity contribution is 5.87. The number of rotatable bonds is 4. The van der Waals surface area contributed by atoms with Crippen molar-refractivity contribution in [2.75, 3.05) is 19.6 Å². The molecule has 5 nitrogen and oxygen atoms in total. The van der Waals surface area contributed by atoms with Crippen LogP contribution >= 0.6 is 0 Å². The molecule has 0 radical (unpaired) electrons. The lowest BCUT2D eigenvalue weighted by Gasteiger charge is -2.44. The maximum Gasteiger partial charge on any atom is 0.242 e. The minimum atomic E-state index is -0.563. The normalized spacial score (nSPS) is 31.6. The minimum absolute atomic E-state index is 0.189. The van der Waals surface area contributed by atoms with Crippen LogP contribution in [0.4, 0.5) is 0 Å². The number of likely N-dealkylation sites (tertiary alicyclic amines) is 1. The van der Waals surface area contributed by atoms with Crippen molar-refractivity contribution in [2.45, 2.75) is 50.1 Å². The maximum absolute atomic E-state index is 12.8. The third-order valence-corrected chi connectivity index (χ3v) is 6.41. The Morgan fingerprint density at radius 3 is 2.76 bits per heavy atom. The molecule has 0 aromatic heterocycles. The highest BCUT2D eigenvalue weighted by Crippen LogP contribution is 2.34. The molecule has 136 valence electrons. The lowest BCUT2D eigenvalue weighted by atomic mass is 9.75. The summed E-state index contributed by atoms with van der Waals surface area (Å²) in [6.07, 6.45) is 6.15. The Kier molecular flexibility index (Phi) is 4.80. The summed E-state index contributed by atoms with van der Waals surface area (Å²) < 4.78 is 0. The predicted octanol–water partition coefficient (Wildman–Crippen LogP) is 1.44. The molecule has 5 heteroatoms. The van der Waals surface area contributed by atoms with E-state index < -0.39 is 5.54 Å². The van der Waals surface area contributed by atoms with Crippen LogP contribution in [-0.4, -0.2) is 42.0 Å². The fourth-order valence-corrected chi connectivity index (χ4v) is 4.75. The summed E-state index contributed by atoms with van der Waals surface area (Å²) in [5.41, 5.74) is 14.0. The number of nitrogens with two attached hydrogens (primary N) is 1. The first-order chi connectivity index (χ1) is 12.2. The van der Waals surface area contributed by atoms with Gasteiger partial charge in [-0.1, -0.05) is 30.3 Å². The summed E-state index contributed by atoms with van der Waals surface area (Å²) in [7, 11) is 0. The molecule has 25 heavy (non-hydrogen) atoms. The van der Waals surface area contributed by atoms with Crippen molar-refractivity contribution in [1.29, 1.82) is 0 Å². The molecular weight excluding hydrogens is 312 g/mol. The van der Waals surface area contributed by atoms with Crippen LogP contribution in [0.1, 0.15) is 37.7 Å². The van der Waals surface area contributed by atoms with Crippen LogP contribution in [0.3, 0.4) is 0 Å². The van der Waals surface area contributed by atoms with E-state index in [4.69, 9.17) is 5.73 Å². The highest BCUT2D eigenvalue weighted by atomic mass is 16.2. The van der Waals surface area contributed by atoms with Gasteiger partial charge in [-0.15, -0.1) is 0 Å². The molecule has 1 aromatic rings. The Labute approximate surface area is 150 Å². The Bertz CT molecular complexity index is 601. The van der Waals surface area contributed by atoms with Crippen LogP contribution in [-0.2, 0) is 11.2 Å². The van der Waals surface area contributed by atoms with E-state index in [1.165, 1.54) is 12.0 Å². The number of carbonyl (C=O) groups is 1. The average Bonchev–Trinajstić information content (AvgIpc) is 3.08. The molecule has 4 N–H and O–H groups in total. The van der Waals surface area contributed by atoms with E-state index in [0.717, 1.165) is 51.7 Å². The Morgan fingerprint density at radius 2 is 2.04 bits per heavy atom. The molecule has 2 saturated heterocycles. The van der Waals surface area contributed by atoms with Crippen LogP contribution in [0, 0.1) is 11.8 Å². The van der Waals surface area contributed by atoms with E-state index in [0.29, 0.717) is 17.9 Å². The van der Waals surface area contributed by atoms with Gasteiger partial charge < -0.3 is 10.6 Å². The molecule has 3 fully saturated rings. The fraction of sp³-hybridized carbons (Fsp3) is 0.650. The average molecular weight is 342 g/mol. The van der Waals surface area contributed by atoms with Crippen LogP contribution < -0.4 is 16.6 Å². The smallest absolute Gasteiger partial charge is 0.242 e. The van der Waals surface area contributed by atoms with Gasteiger partial charge in [0.05, 0.1) is 5.54 Å². The molecule has 0 bridgehead atoms. The molecule has 1 saturated carbocycles. The van der Waals surface area contributed by atoms with E-state index in [1.54, 1.807) is 0 Å². The number of hydrazine groups is 1. The third kappa shape index (κ3) is 3.46. The van der Waals surface area contributed by atoms with Crippen molar-refractivity contribution in [3.05, 3.63) is 35.9 Å². The molecule has 3 aliphatic rings. The largest absolute Gasteiger partial charge is 0.341 e. The summed E-state index contributed by atoms with van der Waals surface area (Å²) in [4.78, 5) is 14.8. The Morgan fingerprint density at radius 1 is 1.24 bits per heavy atom. The van der Waals surface area contributed by atoms with Crippen molar-refractivity contribution < 1.29 is 4.79 Å². The van der Waals surface area contributed by atoms with Crippen molar-refractivity contribution in [2.24, 2.45) is 17.6 Å². The number of hydrogen-bond acceptors (Lipinski definition) is 4. The lowest BCUT2D eigenvalue weighted by Crippen LogP contribution is -2.61. The zero-order valence-corrected chi connectivity index (χ0v) is 14.9. The molecular formula is C20H30N4O. The maximum atomic E-state index is 12.8. The van der Waals surface area contributed by atoms with Gasteiger partial charge in [0.25, 0.3) is 0 Å². The lowest BCUT2D eigenvalue weighted by molar-refractivity contribution is -0.142. The van der Waals surface area contributed by atoms with Crippen LogP contribution in [0.5, 0.6) is 0 Å². The minimum Gasteiger partial charge on any atom is -0.341 e. The van der Waals surface area contributed by atoms with E-state index in [9.17, 15) is 4.79 Å². The number of hydrogen-bond donors (Lipinski definition) is 3. The van der Waals surface area contributed by atoms with Crippen LogP contribution in [0.2, 0.25) is 0 Å². The topological polar surface area (TPSA) is 70.4 Å². The first-order valence-corrected chi connectivity index (χ1v) is 9.76. The Balaban J connectivity index is 1.40. The zero-order valence-electron chi connectivity index (χ0n) is 14.9. The SMILES string of the molecule is NC1(C(=O)N2CCCC(C3NNCC3Cc3ccccc3)C2)CCC1. The van der Waals surface area contributed by atoms with Gasteiger partial charge in [0.2, 0.25) is 5.91 Å². The van der Waals surface area contributed by atoms with E-state index in [-0.39, 0.29) is 5.91 Å². The van der Waals surface area contributed by atoms with Gasteiger partial charge in [-0.3, -0.25) is 15.6 Å². The first kappa shape index (κ1) is 17.0. The second-order valence-electron chi connectivity index (χ2n) is 8.16. The highest BCUT2D eigenvalue weighted by Gasteiger charge is 2.45. The van der Waals surface area contributed by atoms with Gasteiger partial charge in [-0.25, -0.2) is 0 Å². The van der Waals surface area contributed by atoms with Gasteiger partial charge in [0.1, 0.15) is 0 Å². The molecule has 1 amide bonds. The second kappa shape index (κ2) is 7.06. The number of carbonyl (C=O) groups excluding carboxylic acids is 1. The molecule has 3 atom stereocenters. The summed E-state index contributed by atoms with van der Waals surface area (Å²) in [6.45, 7) is 2.71. The van der Waals surface area contributed by atoms with Gasteiger partial charge in [-0.2, -0.15) is 0 Å². The quantitative estimate of drug-likeness (QED) is 0.774. The number of nitrogens with one attached hydrogen (secondary N) is 2. The number of piperidine rings is 1. The predicted molar refractivity (Wildman–Crippen MR) is 98.6 cm³/mol. The molecule has 0 spiro atoms. The Hall–Kier alpha value is -1.43. The summed E-state index contributed by atoms with van der Waals surface area (Å²) in [6, 6.07) is 11.1. The number of nitrogens with zero attached hydrogens (tertiary/aromatic N) is 1. The van der Waals surface area contributed by atoms with Crippen molar-refractivity contribution >= 4 is 5.91 Å². The second-order valence-corrected chi connectivity index (χ2v) is 8.16. The summed E-state index contributed by atoms with van der Waals surface area (Å²) in [5, 5.41) is 0. The molecule has 2 heterocycles. The van der Waals surface area contributed by atoms with Gasteiger partial charge >= 0.3 is 0 Å². The molecule has 1 aromatic carbocycles. The van der Waals surface area contributed by atoms with Crippen LogP contribution in [0.15, 0.2) is 30.3 Å². The molecule has 2 aliphatic heterocycles. The monoisotopic (exact) mass is 342 g/mol. The zero-order chi connectivity index (χ0) is 17.3. The van der Waals surface area contributed by atoms with Gasteiger partial charge in [0, 0.05) is 25.7 Å². The van der Waals surface area contributed by atoms with Crippen LogP contribution in [0.25, 0.3) is 0 Å². The third-order valence-electron chi connectivity index (χ3n) is 6.41. The number of amides is 1. The van der Waals surface area contributed by atoms with E-state index in [2.05, 4.69) is 41.2 Å². The van der Waals surface area contributed by atoms with Crippen molar-refractivity contribution in [1.82, 2.24) is 15.8 Å². The van der Waals surface area contributed by atoms with Gasteiger partial charge in [-0.05, 0) is 55.9 Å². The standard InChI is InChI=1S/C20H30N4O/c21-20(9-5-10-20)19(25)24-11-4-8-16(14-24)18-17(13-22-23-18)12-15-6-2-1-3-7-15/h1-3,6-7,16-18,22-23H,4-5,8-14,21H2. The van der Waals surface area contributed by atoms with Crippen molar-refractivity contribution in [3.8, 4) is 0 Å². The van der Waals surface area contributed by atoms with E-state index >= 15 is 0 Å².